The van der Waals surface area contributed by atoms with Gasteiger partial charge in [-0.1, -0.05) is 12.1 Å². The van der Waals surface area contributed by atoms with Crippen LogP contribution in [0, 0.1) is 17.0 Å². The Kier molecular flexibility index (Phi) is 3.24. The number of hydrogen-bond acceptors (Lipinski definition) is 5. The first-order valence-electron chi connectivity index (χ1n) is 5.33. The molecule has 3 N–H and O–H groups in total. The van der Waals surface area contributed by atoms with Crippen LogP contribution in [0.5, 0.6) is 0 Å². The number of anilines is 1. The highest BCUT2D eigenvalue weighted by Crippen LogP contribution is 2.27. The number of hydrogen-bond donors (Lipinski definition) is 2. The van der Waals surface area contributed by atoms with Crippen LogP contribution < -0.4 is 11.3 Å². The van der Waals surface area contributed by atoms with Crippen molar-refractivity contribution < 1.29 is 4.92 Å². The number of benzene rings is 1. The smallest absolute Gasteiger partial charge is 0.293 e. The van der Waals surface area contributed by atoms with E-state index in [0.717, 1.165) is 11.1 Å². The van der Waals surface area contributed by atoms with Gasteiger partial charge in [0.05, 0.1) is 17.7 Å². The molecule has 0 aliphatic heterocycles. The molecule has 0 atom stereocenters. The van der Waals surface area contributed by atoms with E-state index in [0.29, 0.717) is 12.2 Å². The van der Waals surface area contributed by atoms with Crippen LogP contribution >= 0.6 is 0 Å². The lowest BCUT2D eigenvalue weighted by Gasteiger charge is -2.09. The van der Waals surface area contributed by atoms with E-state index in [-0.39, 0.29) is 5.69 Å². The van der Waals surface area contributed by atoms with Crippen molar-refractivity contribution in [2.75, 3.05) is 5.43 Å². The fraction of sp³-hybridized carbons (Fsp3) is 0.182. The normalized spacial score (nSPS) is 10.3. The highest BCUT2D eigenvalue weighted by atomic mass is 16.6. The third kappa shape index (κ3) is 2.30. The van der Waals surface area contributed by atoms with Crippen molar-refractivity contribution in [2.45, 2.75) is 13.5 Å². The third-order valence-corrected chi connectivity index (χ3v) is 2.56. The van der Waals surface area contributed by atoms with Crippen molar-refractivity contribution in [3.63, 3.8) is 0 Å². The van der Waals surface area contributed by atoms with Crippen molar-refractivity contribution >= 4 is 11.4 Å². The predicted octanol–water partition coefficient (Wildman–Crippen LogP) is 1.43. The van der Waals surface area contributed by atoms with Crippen LogP contribution in [-0.4, -0.2) is 14.7 Å². The second-order valence-electron chi connectivity index (χ2n) is 3.93. The minimum Gasteiger partial charge on any atom is -0.318 e. The fourth-order valence-corrected chi connectivity index (χ4v) is 1.77. The molecule has 94 valence electrons. The molecule has 0 unspecified atom stereocenters. The Morgan fingerprint density at radius 1 is 1.56 bits per heavy atom. The lowest BCUT2D eigenvalue weighted by molar-refractivity contribution is -0.384. The maximum atomic E-state index is 10.9. The zero-order valence-corrected chi connectivity index (χ0v) is 9.83. The molecular formula is C11H13N5O2. The van der Waals surface area contributed by atoms with Gasteiger partial charge < -0.3 is 5.43 Å². The van der Waals surface area contributed by atoms with Gasteiger partial charge in [0.25, 0.3) is 5.69 Å². The van der Waals surface area contributed by atoms with Crippen LogP contribution in [0.15, 0.2) is 30.6 Å². The molecule has 2 aromatic rings. The molecule has 1 heterocycles. The second kappa shape index (κ2) is 4.84. The summed E-state index contributed by atoms with van der Waals surface area (Å²) in [5.74, 6) is 5.36. The van der Waals surface area contributed by atoms with Gasteiger partial charge in [-0.2, -0.15) is 5.10 Å². The Morgan fingerprint density at radius 3 is 2.89 bits per heavy atom. The summed E-state index contributed by atoms with van der Waals surface area (Å²) >= 11 is 0. The first-order valence-corrected chi connectivity index (χ1v) is 5.33. The summed E-state index contributed by atoms with van der Waals surface area (Å²) in [5.41, 5.74) is 4.41. The summed E-state index contributed by atoms with van der Waals surface area (Å²) in [4.78, 5) is 10.4. The zero-order chi connectivity index (χ0) is 13.1. The lowest BCUT2D eigenvalue weighted by Crippen LogP contribution is -2.13. The van der Waals surface area contributed by atoms with Crippen molar-refractivity contribution in [3.05, 3.63) is 51.8 Å². The molecule has 0 bridgehead atoms. The number of nitrogen functional groups attached to an aromatic ring is 1. The maximum Gasteiger partial charge on any atom is 0.293 e. The Morgan fingerprint density at radius 2 is 2.33 bits per heavy atom. The maximum absolute atomic E-state index is 10.9. The largest absolute Gasteiger partial charge is 0.318 e. The molecule has 2 rings (SSSR count). The number of nitro benzene ring substituents is 1. The summed E-state index contributed by atoms with van der Waals surface area (Å²) in [6, 6.07) is 4.82. The van der Waals surface area contributed by atoms with E-state index < -0.39 is 4.92 Å². The van der Waals surface area contributed by atoms with Gasteiger partial charge in [0.15, 0.2) is 0 Å². The highest BCUT2D eigenvalue weighted by molar-refractivity contribution is 5.65. The molecule has 0 saturated heterocycles. The molecule has 1 aromatic carbocycles. The molecule has 0 amide bonds. The SMILES string of the molecule is Cc1cnn(Cc2cccc([N+](=O)[O-])c2NN)c1. The third-order valence-electron chi connectivity index (χ3n) is 2.56. The fourth-order valence-electron chi connectivity index (χ4n) is 1.77. The lowest BCUT2D eigenvalue weighted by atomic mass is 10.1. The first kappa shape index (κ1) is 12.1. The van der Waals surface area contributed by atoms with Gasteiger partial charge >= 0.3 is 0 Å². The zero-order valence-electron chi connectivity index (χ0n) is 9.83. The van der Waals surface area contributed by atoms with E-state index in [1.54, 1.807) is 23.0 Å². The average molecular weight is 247 g/mol. The summed E-state index contributed by atoms with van der Waals surface area (Å²) in [5, 5.41) is 15.0. The van der Waals surface area contributed by atoms with Crippen molar-refractivity contribution in [1.29, 1.82) is 0 Å². The van der Waals surface area contributed by atoms with Crippen molar-refractivity contribution in [1.82, 2.24) is 9.78 Å². The molecule has 0 spiro atoms. The van der Waals surface area contributed by atoms with E-state index in [1.165, 1.54) is 6.07 Å². The Balaban J connectivity index is 2.38. The van der Waals surface area contributed by atoms with Crippen LogP contribution in [-0.2, 0) is 6.54 Å². The van der Waals surface area contributed by atoms with Gasteiger partial charge in [0.1, 0.15) is 5.69 Å². The molecular weight excluding hydrogens is 234 g/mol. The number of hydrazine groups is 1. The van der Waals surface area contributed by atoms with Crippen LogP contribution in [0.25, 0.3) is 0 Å². The van der Waals surface area contributed by atoms with Gasteiger partial charge in [0, 0.05) is 17.8 Å². The number of nitro groups is 1. The number of para-hydroxylation sites is 1. The van der Waals surface area contributed by atoms with Gasteiger partial charge in [-0.15, -0.1) is 0 Å². The predicted molar refractivity (Wildman–Crippen MR) is 67.0 cm³/mol. The van der Waals surface area contributed by atoms with Gasteiger partial charge in [0.2, 0.25) is 0 Å². The van der Waals surface area contributed by atoms with Crippen LogP contribution in [0.3, 0.4) is 0 Å². The molecule has 18 heavy (non-hydrogen) atoms. The average Bonchev–Trinajstić information content (AvgIpc) is 2.74. The number of aryl methyl sites for hydroxylation is 1. The van der Waals surface area contributed by atoms with Crippen LogP contribution in [0.4, 0.5) is 11.4 Å². The van der Waals surface area contributed by atoms with Gasteiger partial charge in [-0.25, -0.2) is 0 Å². The molecule has 7 heteroatoms. The quantitative estimate of drug-likeness (QED) is 0.483. The summed E-state index contributed by atoms with van der Waals surface area (Å²) in [7, 11) is 0. The Hall–Kier alpha value is -2.41. The molecule has 0 saturated carbocycles. The van der Waals surface area contributed by atoms with E-state index in [1.807, 2.05) is 13.1 Å². The molecule has 7 nitrogen and oxygen atoms in total. The standard InChI is InChI=1S/C11H13N5O2/c1-8-5-13-15(6-8)7-9-3-2-4-10(16(17)18)11(9)14-12/h2-6,14H,7,12H2,1H3. The summed E-state index contributed by atoms with van der Waals surface area (Å²) in [6.45, 7) is 2.36. The number of aromatic nitrogens is 2. The summed E-state index contributed by atoms with van der Waals surface area (Å²) < 4.78 is 1.70. The molecule has 0 radical (unpaired) electrons. The second-order valence-corrected chi connectivity index (χ2v) is 3.93. The van der Waals surface area contributed by atoms with Crippen molar-refractivity contribution in [2.24, 2.45) is 5.84 Å². The monoisotopic (exact) mass is 247 g/mol. The van der Waals surface area contributed by atoms with E-state index in [9.17, 15) is 10.1 Å². The molecule has 1 aromatic heterocycles. The van der Waals surface area contributed by atoms with Crippen molar-refractivity contribution in [3.8, 4) is 0 Å². The van der Waals surface area contributed by atoms with Gasteiger partial charge in [-0.05, 0) is 12.5 Å². The van der Waals surface area contributed by atoms with Crippen LogP contribution in [0.1, 0.15) is 11.1 Å². The highest BCUT2D eigenvalue weighted by Gasteiger charge is 2.16. The number of nitrogens with zero attached hydrogens (tertiary/aromatic N) is 3. The van der Waals surface area contributed by atoms with E-state index >= 15 is 0 Å². The molecule has 0 aliphatic rings. The van der Waals surface area contributed by atoms with E-state index in [4.69, 9.17) is 5.84 Å². The van der Waals surface area contributed by atoms with E-state index in [2.05, 4.69) is 10.5 Å². The summed E-state index contributed by atoms with van der Waals surface area (Å²) in [6.07, 6.45) is 3.59. The Labute approximate surface area is 103 Å². The number of rotatable bonds is 4. The van der Waals surface area contributed by atoms with Crippen LogP contribution in [0.2, 0.25) is 0 Å². The molecule has 0 fully saturated rings. The van der Waals surface area contributed by atoms with Gasteiger partial charge in [-0.3, -0.25) is 20.6 Å². The minimum absolute atomic E-state index is 0.0427. The number of nitrogens with one attached hydrogen (secondary N) is 1. The minimum atomic E-state index is -0.465. The molecule has 0 aliphatic carbocycles. The topological polar surface area (TPSA) is 99.0 Å². The number of nitrogens with two attached hydrogens (primary N) is 1. The Bertz CT molecular complexity index is 579. The first-order chi connectivity index (χ1) is 8.61.